The number of halogens is 18. The van der Waals surface area contributed by atoms with Crippen LogP contribution in [0.15, 0.2) is 0 Å². The third-order valence-electron chi connectivity index (χ3n) is 2.00. The maximum absolute atomic E-state index is 11.3. The molecule has 22 heteroatoms. The van der Waals surface area contributed by atoms with Gasteiger partial charge in [-0.3, -0.25) is 0 Å². The summed E-state index contributed by atoms with van der Waals surface area (Å²) < 4.78 is 198. The van der Waals surface area contributed by atoms with E-state index in [1.165, 1.54) is 0 Å². The second-order valence-electron chi connectivity index (χ2n) is 4.33. The predicted molar refractivity (Wildman–Crippen MR) is 47.7 cm³/mol. The molecule has 31 heavy (non-hydrogen) atoms. The molecule has 0 spiro atoms. The fourth-order valence-corrected chi connectivity index (χ4v) is 0.371. The zero-order valence-corrected chi connectivity index (χ0v) is 16.2. The normalized spacial score (nSPS) is 18.6. The third-order valence-corrected chi connectivity index (χ3v) is 2.00. The molecule has 3 atom stereocenters. The maximum Gasteiger partial charge on any atom is 3.00 e. The van der Waals surface area contributed by atoms with Crippen molar-refractivity contribution < 1.29 is 127 Å². The molecular weight excluding hydrogens is 587 g/mol. The van der Waals surface area contributed by atoms with Gasteiger partial charge in [0.25, 0.3) is 19.3 Å². The van der Waals surface area contributed by atoms with E-state index in [0.717, 1.165) is 0 Å². The standard InChI is InChI=1S/3C3HF6O.Y/c3*4-1(5)2(6,10)3(7,8)9;/h3*1H;/q3*-1;+3. The largest absolute Gasteiger partial charge is 3.00 e. The summed E-state index contributed by atoms with van der Waals surface area (Å²) in [6.45, 7) is 0. The quantitative estimate of drug-likeness (QED) is 0.475. The Kier molecular flexibility index (Phi) is 15.0. The van der Waals surface area contributed by atoms with Crippen molar-refractivity contribution >= 4 is 0 Å². The molecule has 0 saturated carbocycles. The van der Waals surface area contributed by atoms with E-state index in [9.17, 15) is 94.3 Å². The van der Waals surface area contributed by atoms with Crippen LogP contribution in [0.5, 0.6) is 0 Å². The smallest absolute Gasteiger partial charge is 0.813 e. The summed E-state index contributed by atoms with van der Waals surface area (Å²) >= 11 is 0. The maximum atomic E-state index is 11.3. The molecule has 0 aliphatic rings. The van der Waals surface area contributed by atoms with Crippen LogP contribution >= 0.6 is 0 Å². The Morgan fingerprint density at radius 1 is 0.355 bits per heavy atom. The Morgan fingerprint density at radius 2 is 0.452 bits per heavy atom. The van der Waals surface area contributed by atoms with Gasteiger partial charge in [0.1, 0.15) is 0 Å². The predicted octanol–water partition coefficient (Wildman–Crippen LogP) is 2.52. The summed E-state index contributed by atoms with van der Waals surface area (Å²) in [5.41, 5.74) is 0. The molecule has 186 valence electrons. The van der Waals surface area contributed by atoms with Crippen LogP contribution in [0.1, 0.15) is 0 Å². The molecule has 0 radical (unpaired) electrons. The van der Waals surface area contributed by atoms with Gasteiger partial charge in [0.15, 0.2) is 17.6 Å². The fourth-order valence-electron chi connectivity index (χ4n) is 0.371. The Labute approximate surface area is 182 Å². The minimum atomic E-state index is -6.05. The summed E-state index contributed by atoms with van der Waals surface area (Å²) in [7, 11) is 0. The first-order valence-corrected chi connectivity index (χ1v) is 5.81. The molecule has 0 aromatic carbocycles. The molecule has 0 aliphatic carbocycles. The van der Waals surface area contributed by atoms with Crippen molar-refractivity contribution in [3.8, 4) is 0 Å². The molecule has 0 amide bonds. The Morgan fingerprint density at radius 3 is 0.452 bits per heavy atom. The Bertz CT molecular complexity index is 422. The molecule has 0 saturated heterocycles. The van der Waals surface area contributed by atoms with Crippen molar-refractivity contribution in [1.82, 2.24) is 0 Å². The summed E-state index contributed by atoms with van der Waals surface area (Å²) in [5, 5.41) is 27.8. The van der Waals surface area contributed by atoms with Crippen molar-refractivity contribution in [1.29, 1.82) is 0 Å². The van der Waals surface area contributed by atoms with Crippen molar-refractivity contribution in [2.45, 2.75) is 55.4 Å². The molecular formula is C9H3F18O3Y. The van der Waals surface area contributed by atoms with Crippen LogP contribution in [-0.4, -0.2) is 55.4 Å². The van der Waals surface area contributed by atoms with E-state index in [4.69, 9.17) is 0 Å². The molecule has 0 N–H and O–H groups in total. The molecule has 0 aliphatic heterocycles. The van der Waals surface area contributed by atoms with Gasteiger partial charge >= 0.3 is 51.2 Å². The van der Waals surface area contributed by atoms with Crippen molar-refractivity contribution in [2.75, 3.05) is 0 Å². The van der Waals surface area contributed by atoms with Crippen LogP contribution in [0.25, 0.3) is 0 Å². The number of hydrogen-bond donors (Lipinski definition) is 0. The van der Waals surface area contributed by atoms with Gasteiger partial charge in [-0.15, -0.1) is 0 Å². The fraction of sp³-hybridized carbons (Fsp3) is 1.00. The van der Waals surface area contributed by atoms with E-state index < -0.39 is 55.4 Å². The average Bonchev–Trinajstić information content (AvgIpc) is 2.44. The first-order chi connectivity index (χ1) is 12.6. The molecule has 0 aromatic heterocycles. The molecule has 0 bridgehead atoms. The summed E-state index contributed by atoms with van der Waals surface area (Å²) in [6.07, 6.45) is -31.9. The number of hydrogen-bond acceptors (Lipinski definition) is 3. The topological polar surface area (TPSA) is 69.2 Å². The monoisotopic (exact) mass is 590 g/mol. The molecule has 3 nitrogen and oxygen atoms in total. The van der Waals surface area contributed by atoms with Crippen molar-refractivity contribution in [3.05, 3.63) is 0 Å². The van der Waals surface area contributed by atoms with E-state index in [2.05, 4.69) is 0 Å². The van der Waals surface area contributed by atoms with Gasteiger partial charge in [-0.25, -0.2) is 39.5 Å². The van der Waals surface area contributed by atoms with Crippen molar-refractivity contribution in [2.24, 2.45) is 0 Å². The van der Waals surface area contributed by atoms with Gasteiger partial charge in [-0.1, -0.05) is 0 Å². The molecule has 0 fully saturated rings. The van der Waals surface area contributed by atoms with Gasteiger partial charge in [-0.05, 0) is 0 Å². The van der Waals surface area contributed by atoms with Crippen LogP contribution in [0.3, 0.4) is 0 Å². The first kappa shape index (κ1) is 38.0. The minimum Gasteiger partial charge on any atom is -0.813 e. The Hall–Kier alpha value is -0.276. The van der Waals surface area contributed by atoms with Crippen LogP contribution < -0.4 is 15.3 Å². The zero-order valence-electron chi connectivity index (χ0n) is 13.3. The van der Waals surface area contributed by atoms with Gasteiger partial charge in [0.05, 0.1) is 0 Å². The zero-order chi connectivity index (χ0) is 25.7. The summed E-state index contributed by atoms with van der Waals surface area (Å²) in [6, 6.07) is 0. The molecule has 0 rings (SSSR count). The second kappa shape index (κ2) is 12.3. The van der Waals surface area contributed by atoms with Crippen molar-refractivity contribution in [3.63, 3.8) is 0 Å². The first-order valence-electron chi connectivity index (χ1n) is 5.81. The third kappa shape index (κ3) is 11.4. The van der Waals surface area contributed by atoms with Gasteiger partial charge in [0.2, 0.25) is 0 Å². The van der Waals surface area contributed by atoms with E-state index >= 15 is 0 Å². The van der Waals surface area contributed by atoms with Crippen LogP contribution in [-0.2, 0) is 32.7 Å². The number of alkyl halides is 18. The van der Waals surface area contributed by atoms with Gasteiger partial charge in [-0.2, -0.15) is 39.5 Å². The van der Waals surface area contributed by atoms with E-state index in [1.54, 1.807) is 0 Å². The minimum absolute atomic E-state index is 0. The Balaban J connectivity index is -0.000000174. The van der Waals surface area contributed by atoms with E-state index in [-0.39, 0.29) is 32.7 Å². The van der Waals surface area contributed by atoms with E-state index in [0.29, 0.717) is 0 Å². The molecule has 0 aromatic rings. The van der Waals surface area contributed by atoms with Gasteiger partial charge < -0.3 is 15.3 Å². The second-order valence-corrected chi connectivity index (χ2v) is 4.33. The molecule has 3 unspecified atom stereocenters. The summed E-state index contributed by atoms with van der Waals surface area (Å²) in [5.74, 6) is -16.9. The summed E-state index contributed by atoms with van der Waals surface area (Å²) in [4.78, 5) is 0. The van der Waals surface area contributed by atoms with Crippen LogP contribution in [0.4, 0.5) is 79.0 Å². The average molecular weight is 590 g/mol. The van der Waals surface area contributed by atoms with Crippen LogP contribution in [0.2, 0.25) is 0 Å². The SMILES string of the molecule is [O-]C(F)(C(F)F)C(F)(F)F.[O-]C(F)(C(F)F)C(F)(F)F.[O-]C(F)(C(F)F)C(F)(F)F.[Y+3]. The molecule has 0 heterocycles. The number of rotatable bonds is 3. The van der Waals surface area contributed by atoms with E-state index in [1.807, 2.05) is 0 Å². The van der Waals surface area contributed by atoms with Gasteiger partial charge in [0, 0.05) is 0 Å². The van der Waals surface area contributed by atoms with Crippen LogP contribution in [0, 0.1) is 0 Å².